The number of hydrogen-bond acceptors (Lipinski definition) is 4. The number of rotatable bonds is 4. The Balaban J connectivity index is 1.32. The van der Waals surface area contributed by atoms with Crippen molar-refractivity contribution in [2.45, 2.75) is 44.9 Å². The summed E-state index contributed by atoms with van der Waals surface area (Å²) in [6, 6.07) is 15.1. The van der Waals surface area contributed by atoms with Crippen LogP contribution >= 0.6 is 0 Å². The van der Waals surface area contributed by atoms with Gasteiger partial charge in [0.05, 0.1) is 12.7 Å². The first-order valence-electron chi connectivity index (χ1n) is 10.9. The van der Waals surface area contributed by atoms with Crippen molar-refractivity contribution in [1.82, 2.24) is 10.6 Å². The standard InChI is InChI=1S/C25H28N2O4/c1-24-11-10-17(25(15-24)27-22(28)19-8-3-4-9-21(19)31-25)13-20(24)23(29)26-14-16-6-5-7-18(12-16)30-2/h3-9,12,17,20H,10-11,13-15H2,1-2H3,(H,26,29)(H,27,28)/t17-,20+,24+,25-/m0/s1. The first kappa shape index (κ1) is 19.9. The van der Waals surface area contributed by atoms with Gasteiger partial charge in [-0.25, -0.2) is 0 Å². The molecule has 4 aliphatic rings. The molecule has 31 heavy (non-hydrogen) atoms. The third-order valence-corrected chi connectivity index (χ3v) is 7.42. The Hall–Kier alpha value is -3.02. The normalized spacial score (nSPS) is 30.8. The summed E-state index contributed by atoms with van der Waals surface area (Å²) in [5.74, 6) is 1.42. The van der Waals surface area contributed by atoms with Gasteiger partial charge in [0.15, 0.2) is 5.72 Å². The minimum Gasteiger partial charge on any atom is -0.497 e. The average molecular weight is 421 g/mol. The first-order chi connectivity index (χ1) is 14.9. The topological polar surface area (TPSA) is 76.7 Å². The van der Waals surface area contributed by atoms with Crippen molar-refractivity contribution < 1.29 is 19.1 Å². The van der Waals surface area contributed by atoms with Gasteiger partial charge in [0, 0.05) is 24.8 Å². The predicted octanol–water partition coefficient (Wildman–Crippen LogP) is 3.66. The second-order valence-corrected chi connectivity index (χ2v) is 9.37. The molecule has 3 fully saturated rings. The highest BCUT2D eigenvalue weighted by Gasteiger charge is 2.61. The number of nitrogens with one attached hydrogen (secondary N) is 2. The van der Waals surface area contributed by atoms with E-state index in [-0.39, 0.29) is 29.1 Å². The van der Waals surface area contributed by atoms with Crippen molar-refractivity contribution in [3.8, 4) is 11.5 Å². The largest absolute Gasteiger partial charge is 0.497 e. The van der Waals surface area contributed by atoms with Crippen LogP contribution in [0.15, 0.2) is 48.5 Å². The summed E-state index contributed by atoms with van der Waals surface area (Å²) in [5.41, 5.74) is 0.636. The third kappa shape index (κ3) is 3.34. The molecule has 162 valence electrons. The zero-order valence-electron chi connectivity index (χ0n) is 17.9. The molecule has 2 aromatic rings. The van der Waals surface area contributed by atoms with Crippen LogP contribution in [0.1, 0.15) is 48.5 Å². The molecule has 6 heteroatoms. The van der Waals surface area contributed by atoms with E-state index in [0.717, 1.165) is 24.2 Å². The lowest BCUT2D eigenvalue weighted by Gasteiger charge is -2.59. The Morgan fingerprint density at radius 2 is 2.10 bits per heavy atom. The molecule has 6 rings (SSSR count). The van der Waals surface area contributed by atoms with E-state index in [4.69, 9.17) is 9.47 Å². The maximum atomic E-state index is 13.2. The Morgan fingerprint density at radius 3 is 2.90 bits per heavy atom. The fourth-order valence-electron chi connectivity index (χ4n) is 5.75. The number of hydrogen-bond donors (Lipinski definition) is 2. The summed E-state index contributed by atoms with van der Waals surface area (Å²) in [4.78, 5) is 26.0. The monoisotopic (exact) mass is 420 g/mol. The molecule has 0 radical (unpaired) electrons. The predicted molar refractivity (Wildman–Crippen MR) is 116 cm³/mol. The van der Waals surface area contributed by atoms with E-state index in [2.05, 4.69) is 17.6 Å². The number of fused-ring (bicyclic) bond motifs is 3. The number of ether oxygens (including phenoxy) is 2. The molecule has 2 amide bonds. The molecule has 0 unspecified atom stereocenters. The molecule has 1 aliphatic heterocycles. The second kappa shape index (κ2) is 7.29. The summed E-state index contributed by atoms with van der Waals surface area (Å²) < 4.78 is 11.7. The van der Waals surface area contributed by atoms with Crippen molar-refractivity contribution in [2.24, 2.45) is 17.3 Å². The molecule has 2 bridgehead atoms. The molecule has 3 aliphatic carbocycles. The van der Waals surface area contributed by atoms with E-state index in [1.165, 1.54) is 0 Å². The molecule has 1 heterocycles. The van der Waals surface area contributed by atoms with E-state index in [0.29, 0.717) is 30.7 Å². The highest BCUT2D eigenvalue weighted by atomic mass is 16.5. The van der Waals surface area contributed by atoms with Gasteiger partial charge in [-0.1, -0.05) is 31.2 Å². The molecular weight excluding hydrogens is 392 g/mol. The summed E-state index contributed by atoms with van der Waals surface area (Å²) in [6.07, 6.45) is 3.25. The SMILES string of the molecule is COc1cccc(CNC(=O)[C@H]2C[C@@H]3CC[C@]2(C)C[C@@]32NC(=O)c3ccccc3O2)c1. The molecule has 2 aromatic carbocycles. The maximum Gasteiger partial charge on any atom is 0.258 e. The average Bonchev–Trinajstić information content (AvgIpc) is 2.77. The number of methoxy groups -OCH3 is 1. The van der Waals surface area contributed by atoms with Crippen LogP contribution in [0.4, 0.5) is 0 Å². The summed E-state index contributed by atoms with van der Waals surface area (Å²) in [6.45, 7) is 2.63. The van der Waals surface area contributed by atoms with Gasteiger partial charge in [-0.2, -0.15) is 0 Å². The molecule has 4 atom stereocenters. The first-order valence-corrected chi connectivity index (χ1v) is 10.9. The van der Waals surface area contributed by atoms with Crippen LogP contribution in [0.25, 0.3) is 0 Å². The molecule has 1 spiro atoms. The Bertz CT molecular complexity index is 1040. The van der Waals surface area contributed by atoms with Gasteiger partial charge in [0.2, 0.25) is 5.91 Å². The molecular formula is C25H28N2O4. The highest BCUT2D eigenvalue weighted by molar-refractivity contribution is 5.98. The lowest BCUT2D eigenvalue weighted by atomic mass is 9.52. The van der Waals surface area contributed by atoms with E-state index in [1.807, 2.05) is 42.5 Å². The van der Waals surface area contributed by atoms with Crippen LogP contribution in [-0.2, 0) is 11.3 Å². The molecule has 0 saturated heterocycles. The van der Waals surface area contributed by atoms with Crippen molar-refractivity contribution >= 4 is 11.8 Å². The van der Waals surface area contributed by atoms with Crippen LogP contribution in [0.2, 0.25) is 0 Å². The van der Waals surface area contributed by atoms with Gasteiger partial charge in [0.1, 0.15) is 11.5 Å². The third-order valence-electron chi connectivity index (χ3n) is 7.42. The van der Waals surface area contributed by atoms with E-state index in [9.17, 15) is 9.59 Å². The zero-order valence-corrected chi connectivity index (χ0v) is 17.9. The van der Waals surface area contributed by atoms with Gasteiger partial charge in [0.25, 0.3) is 5.91 Å². The maximum absolute atomic E-state index is 13.2. The van der Waals surface area contributed by atoms with Gasteiger partial charge in [-0.3, -0.25) is 9.59 Å². The van der Waals surface area contributed by atoms with Gasteiger partial charge in [-0.05, 0) is 54.5 Å². The number of benzene rings is 2. The van der Waals surface area contributed by atoms with Crippen molar-refractivity contribution in [3.63, 3.8) is 0 Å². The lowest BCUT2D eigenvalue weighted by Crippen LogP contribution is -2.69. The fourth-order valence-corrected chi connectivity index (χ4v) is 5.75. The van der Waals surface area contributed by atoms with Crippen LogP contribution in [0, 0.1) is 17.3 Å². The van der Waals surface area contributed by atoms with E-state index >= 15 is 0 Å². The zero-order chi connectivity index (χ0) is 21.6. The van der Waals surface area contributed by atoms with Gasteiger partial charge < -0.3 is 20.1 Å². The van der Waals surface area contributed by atoms with Crippen LogP contribution in [-0.4, -0.2) is 24.6 Å². The van der Waals surface area contributed by atoms with Crippen LogP contribution in [0.5, 0.6) is 11.5 Å². The van der Waals surface area contributed by atoms with Crippen molar-refractivity contribution in [3.05, 3.63) is 59.7 Å². The second-order valence-electron chi connectivity index (χ2n) is 9.37. The quantitative estimate of drug-likeness (QED) is 0.792. The molecule has 2 N–H and O–H groups in total. The number of para-hydroxylation sites is 1. The number of amides is 2. The highest BCUT2D eigenvalue weighted by Crippen LogP contribution is 2.58. The summed E-state index contributed by atoms with van der Waals surface area (Å²) in [7, 11) is 1.64. The molecule has 6 nitrogen and oxygen atoms in total. The molecule has 3 saturated carbocycles. The number of carbonyl (C=O) groups excluding carboxylic acids is 2. The van der Waals surface area contributed by atoms with Gasteiger partial charge in [-0.15, -0.1) is 0 Å². The lowest BCUT2D eigenvalue weighted by molar-refractivity contribution is -0.167. The molecule has 0 aromatic heterocycles. The Morgan fingerprint density at radius 1 is 1.26 bits per heavy atom. The summed E-state index contributed by atoms with van der Waals surface area (Å²) in [5, 5.41) is 6.29. The Kier molecular flexibility index (Phi) is 4.68. The summed E-state index contributed by atoms with van der Waals surface area (Å²) >= 11 is 0. The van der Waals surface area contributed by atoms with Crippen LogP contribution in [0.3, 0.4) is 0 Å². The fraction of sp³-hybridized carbons (Fsp3) is 0.440. The van der Waals surface area contributed by atoms with Crippen molar-refractivity contribution in [1.29, 1.82) is 0 Å². The van der Waals surface area contributed by atoms with Crippen LogP contribution < -0.4 is 20.1 Å². The smallest absolute Gasteiger partial charge is 0.258 e. The van der Waals surface area contributed by atoms with E-state index < -0.39 is 5.72 Å². The van der Waals surface area contributed by atoms with Gasteiger partial charge >= 0.3 is 0 Å². The number of carbonyl (C=O) groups is 2. The minimum absolute atomic E-state index is 0.0763. The van der Waals surface area contributed by atoms with E-state index in [1.54, 1.807) is 13.2 Å². The Labute approximate surface area is 182 Å². The van der Waals surface area contributed by atoms with Crippen molar-refractivity contribution in [2.75, 3.05) is 7.11 Å². The minimum atomic E-state index is -0.720.